The largest absolute Gasteiger partial charge is 0.453 e. The van der Waals surface area contributed by atoms with Gasteiger partial charge < -0.3 is 24.5 Å². The molecule has 0 spiro atoms. The average Bonchev–Trinajstić information content (AvgIpc) is 2.86. The van der Waals surface area contributed by atoms with Gasteiger partial charge >= 0.3 is 0 Å². The van der Waals surface area contributed by atoms with Gasteiger partial charge in [-0.1, -0.05) is 20.8 Å². The summed E-state index contributed by atoms with van der Waals surface area (Å²) in [5, 5.41) is 5.07. The van der Waals surface area contributed by atoms with Crippen LogP contribution in [-0.2, 0) is 14.3 Å². The number of amides is 1. The Balaban J connectivity index is 1.54. The molecule has 10 heteroatoms. The molecule has 2 aromatic carbocycles. The molecule has 38 heavy (non-hydrogen) atoms. The number of carbonyl (C=O) groups excluding carboxylic acids is 1. The van der Waals surface area contributed by atoms with E-state index in [1.165, 1.54) is 12.1 Å². The summed E-state index contributed by atoms with van der Waals surface area (Å²) in [5.74, 6) is -3.23. The van der Waals surface area contributed by atoms with Gasteiger partial charge in [-0.15, -0.1) is 0 Å². The summed E-state index contributed by atoms with van der Waals surface area (Å²) in [5.41, 5.74) is -1.95. The molecule has 1 aliphatic heterocycles. The highest BCUT2D eigenvalue weighted by molar-refractivity contribution is 5.95. The van der Waals surface area contributed by atoms with Gasteiger partial charge in [-0.25, -0.2) is 13.2 Å². The van der Waals surface area contributed by atoms with Crippen LogP contribution in [0.15, 0.2) is 39.5 Å². The number of rotatable bonds is 8. The van der Waals surface area contributed by atoms with Crippen molar-refractivity contribution in [3.63, 3.8) is 0 Å². The molecular weight excluding hydrogens is 501 g/mol. The summed E-state index contributed by atoms with van der Waals surface area (Å²) in [6, 6.07) is 5.52. The van der Waals surface area contributed by atoms with E-state index in [0.717, 1.165) is 31.4 Å². The molecule has 7 nitrogen and oxygen atoms in total. The maximum Gasteiger partial charge on any atom is 0.229 e. The van der Waals surface area contributed by atoms with E-state index in [1.807, 2.05) is 0 Å². The maximum absolute atomic E-state index is 14.7. The molecule has 204 valence electrons. The zero-order chi connectivity index (χ0) is 27.4. The minimum Gasteiger partial charge on any atom is -0.453 e. The van der Waals surface area contributed by atoms with Crippen molar-refractivity contribution in [3.05, 3.63) is 58.0 Å². The van der Waals surface area contributed by atoms with Crippen molar-refractivity contribution in [1.82, 2.24) is 0 Å². The summed E-state index contributed by atoms with van der Waals surface area (Å²) in [6.45, 7) is 6.38. The zero-order valence-corrected chi connectivity index (χ0v) is 21.6. The molecule has 1 aromatic heterocycles. The van der Waals surface area contributed by atoms with Gasteiger partial charge in [0.1, 0.15) is 17.4 Å². The SMILES string of the molecule is CC(C)(C)C(=O)Nc1ccc(-c2cc(=O)c3c(NCCCOC4CCCCO4)c(F)cc(F)c3o2)cc1F. The second kappa shape index (κ2) is 11.6. The quantitative estimate of drug-likeness (QED) is 0.336. The van der Waals surface area contributed by atoms with Crippen LogP contribution in [0.1, 0.15) is 46.5 Å². The fraction of sp³-hybridized carbons (Fsp3) is 0.429. The predicted molar refractivity (Wildman–Crippen MR) is 139 cm³/mol. The first-order chi connectivity index (χ1) is 18.0. The van der Waals surface area contributed by atoms with Gasteiger partial charge in [-0.3, -0.25) is 9.59 Å². The number of anilines is 2. The van der Waals surface area contributed by atoms with Crippen LogP contribution in [0.4, 0.5) is 24.5 Å². The molecule has 1 fully saturated rings. The molecular formula is C28H31F3N2O5. The van der Waals surface area contributed by atoms with Crippen LogP contribution in [-0.4, -0.2) is 32.0 Å². The van der Waals surface area contributed by atoms with Crippen molar-refractivity contribution < 1.29 is 31.9 Å². The Labute approximate surface area is 218 Å². The number of carbonyl (C=O) groups is 1. The first-order valence-electron chi connectivity index (χ1n) is 12.6. The lowest BCUT2D eigenvalue weighted by Crippen LogP contribution is -2.28. The summed E-state index contributed by atoms with van der Waals surface area (Å²) < 4.78 is 60.8. The van der Waals surface area contributed by atoms with Crippen LogP contribution in [0.25, 0.3) is 22.3 Å². The van der Waals surface area contributed by atoms with Gasteiger partial charge in [0.2, 0.25) is 5.91 Å². The van der Waals surface area contributed by atoms with Crippen LogP contribution in [0.5, 0.6) is 0 Å². The fourth-order valence-corrected chi connectivity index (χ4v) is 4.00. The third-order valence-corrected chi connectivity index (χ3v) is 6.15. The molecule has 0 aliphatic carbocycles. The Morgan fingerprint density at radius 1 is 1.08 bits per heavy atom. The van der Waals surface area contributed by atoms with E-state index in [0.29, 0.717) is 25.7 Å². The number of ether oxygens (including phenoxy) is 2. The van der Waals surface area contributed by atoms with E-state index in [9.17, 15) is 22.8 Å². The van der Waals surface area contributed by atoms with Crippen molar-refractivity contribution in [1.29, 1.82) is 0 Å². The topological polar surface area (TPSA) is 89.8 Å². The predicted octanol–water partition coefficient (Wildman–Crippen LogP) is 6.21. The summed E-state index contributed by atoms with van der Waals surface area (Å²) in [7, 11) is 0. The molecule has 1 amide bonds. The minimum atomic E-state index is -1.06. The van der Waals surface area contributed by atoms with E-state index in [2.05, 4.69) is 10.6 Å². The normalized spacial score (nSPS) is 16.0. The molecule has 1 unspecified atom stereocenters. The van der Waals surface area contributed by atoms with Gasteiger partial charge in [0.15, 0.2) is 23.1 Å². The smallest absolute Gasteiger partial charge is 0.229 e. The highest BCUT2D eigenvalue weighted by atomic mass is 19.1. The van der Waals surface area contributed by atoms with Crippen LogP contribution in [0.2, 0.25) is 0 Å². The molecule has 3 aromatic rings. The van der Waals surface area contributed by atoms with Gasteiger partial charge in [-0.05, 0) is 43.9 Å². The monoisotopic (exact) mass is 532 g/mol. The van der Waals surface area contributed by atoms with Crippen LogP contribution in [0.3, 0.4) is 0 Å². The third-order valence-electron chi connectivity index (χ3n) is 6.15. The third kappa shape index (κ3) is 6.36. The average molecular weight is 533 g/mol. The number of benzene rings is 2. The summed E-state index contributed by atoms with van der Waals surface area (Å²) >= 11 is 0. The Hall–Kier alpha value is -3.37. The van der Waals surface area contributed by atoms with Gasteiger partial charge in [0.25, 0.3) is 0 Å². The van der Waals surface area contributed by atoms with E-state index in [1.54, 1.807) is 20.8 Å². The Kier molecular flexibility index (Phi) is 8.42. The van der Waals surface area contributed by atoms with Crippen molar-refractivity contribution >= 4 is 28.3 Å². The van der Waals surface area contributed by atoms with Crippen molar-refractivity contribution in [2.45, 2.75) is 52.7 Å². The van der Waals surface area contributed by atoms with Crippen molar-refractivity contribution in [2.24, 2.45) is 5.41 Å². The molecule has 1 saturated heterocycles. The Bertz CT molecular complexity index is 1380. The summed E-state index contributed by atoms with van der Waals surface area (Å²) in [6.07, 6.45) is 3.13. The molecule has 1 aliphatic rings. The maximum atomic E-state index is 14.7. The molecule has 2 heterocycles. The second-order valence-corrected chi connectivity index (χ2v) is 10.2. The Morgan fingerprint density at radius 2 is 1.87 bits per heavy atom. The van der Waals surface area contributed by atoms with Crippen molar-refractivity contribution in [3.8, 4) is 11.3 Å². The lowest BCUT2D eigenvalue weighted by atomic mass is 9.95. The van der Waals surface area contributed by atoms with Crippen LogP contribution >= 0.6 is 0 Å². The first kappa shape index (κ1) is 27.7. The Morgan fingerprint density at radius 3 is 2.55 bits per heavy atom. The van der Waals surface area contributed by atoms with Gasteiger partial charge in [0.05, 0.1) is 23.4 Å². The van der Waals surface area contributed by atoms with E-state index in [4.69, 9.17) is 13.9 Å². The number of fused-ring (bicyclic) bond motifs is 1. The van der Waals surface area contributed by atoms with Gasteiger partial charge in [-0.2, -0.15) is 0 Å². The molecule has 2 N–H and O–H groups in total. The molecule has 1 atom stereocenters. The molecule has 0 radical (unpaired) electrons. The lowest BCUT2D eigenvalue weighted by molar-refractivity contribution is -0.162. The van der Waals surface area contributed by atoms with E-state index < -0.39 is 33.9 Å². The number of nitrogens with one attached hydrogen (secondary N) is 2. The number of hydrogen-bond donors (Lipinski definition) is 2. The first-order valence-corrected chi connectivity index (χ1v) is 12.6. The van der Waals surface area contributed by atoms with Gasteiger partial charge in [0, 0.05) is 36.3 Å². The number of halogens is 3. The molecule has 0 saturated carbocycles. The summed E-state index contributed by atoms with van der Waals surface area (Å²) in [4.78, 5) is 25.2. The molecule has 4 rings (SSSR count). The highest BCUT2D eigenvalue weighted by Crippen LogP contribution is 2.32. The lowest BCUT2D eigenvalue weighted by Gasteiger charge is -2.22. The highest BCUT2D eigenvalue weighted by Gasteiger charge is 2.23. The zero-order valence-electron chi connectivity index (χ0n) is 21.6. The minimum absolute atomic E-state index is 0.0458. The van der Waals surface area contributed by atoms with Crippen molar-refractivity contribution in [2.75, 3.05) is 30.4 Å². The van der Waals surface area contributed by atoms with E-state index in [-0.39, 0.29) is 46.8 Å². The standard InChI is InChI=1S/C28H31F3N2O5/c1-28(2,3)27(35)33-20-9-8-16(13-17(20)29)22-15-21(34)24-25(18(30)14-19(31)26(24)38-22)32-10-6-12-37-23-7-4-5-11-36-23/h8-9,13-15,23,32H,4-7,10-12H2,1-3H3,(H,33,35). The van der Waals surface area contributed by atoms with E-state index >= 15 is 0 Å². The number of hydrogen-bond acceptors (Lipinski definition) is 6. The molecule has 0 bridgehead atoms. The fourth-order valence-electron chi connectivity index (χ4n) is 4.00. The second-order valence-electron chi connectivity index (χ2n) is 10.2. The van der Waals surface area contributed by atoms with Crippen LogP contribution in [0, 0.1) is 22.9 Å². The van der Waals surface area contributed by atoms with Crippen LogP contribution < -0.4 is 16.1 Å².